The van der Waals surface area contributed by atoms with Gasteiger partial charge in [-0.1, -0.05) is 35.3 Å². The Morgan fingerprint density at radius 3 is 2.38 bits per heavy atom. The normalized spacial score (nSPS) is 20.9. The minimum atomic E-state index is -1.61. The van der Waals surface area contributed by atoms with E-state index in [-0.39, 0.29) is 29.5 Å². The molecule has 2 aliphatic heterocycles. The van der Waals surface area contributed by atoms with Gasteiger partial charge in [0.1, 0.15) is 5.82 Å². The quantitative estimate of drug-likeness (QED) is 0.413. The molecule has 1 N–H and O–H groups in total. The third kappa shape index (κ3) is 4.77. The number of likely N-dealkylation sites (tertiary alicyclic amines) is 1. The van der Waals surface area contributed by atoms with Crippen LogP contribution in [0.1, 0.15) is 59.4 Å². The zero-order valence-corrected chi connectivity index (χ0v) is 24.0. The fourth-order valence-electron chi connectivity index (χ4n) is 5.98. The molecule has 40 heavy (non-hydrogen) atoms. The molecule has 0 bridgehead atoms. The molecule has 1 aromatic heterocycles. The van der Waals surface area contributed by atoms with Gasteiger partial charge in [0.25, 0.3) is 5.91 Å². The van der Waals surface area contributed by atoms with Crippen LogP contribution in [0, 0.1) is 11.7 Å². The van der Waals surface area contributed by atoms with E-state index in [9.17, 15) is 14.7 Å². The van der Waals surface area contributed by atoms with Crippen molar-refractivity contribution in [2.24, 2.45) is 5.92 Å². The van der Waals surface area contributed by atoms with E-state index in [1.165, 1.54) is 31.2 Å². The highest BCUT2D eigenvalue weighted by molar-refractivity contribution is 6.30. The third-order valence-corrected chi connectivity index (χ3v) is 8.72. The van der Waals surface area contributed by atoms with Gasteiger partial charge < -0.3 is 14.7 Å². The molecule has 1 saturated heterocycles. The second kappa shape index (κ2) is 10.7. The van der Waals surface area contributed by atoms with E-state index < -0.39 is 23.1 Å². The van der Waals surface area contributed by atoms with E-state index >= 15 is 4.39 Å². The number of amides is 2. The van der Waals surface area contributed by atoms with Crippen molar-refractivity contribution in [1.82, 2.24) is 14.8 Å². The van der Waals surface area contributed by atoms with Gasteiger partial charge in [-0.15, -0.1) is 0 Å². The highest BCUT2D eigenvalue weighted by Gasteiger charge is 2.54. The Kier molecular flexibility index (Phi) is 7.65. The Balaban J connectivity index is 1.61. The summed E-state index contributed by atoms with van der Waals surface area (Å²) in [6, 6.07) is 12.9. The standard InChI is InChI=1S/C30H30Cl2FN3O4/c1-18(37)35-12-10-19(11-13-35)29(2,39)21-14-25-27(26(33)15-21)30(40-3,20-4-6-22(31)7-5-20)36(28(25)38)17-24-9-8-23(32)16-34-24/h4-9,14-16,19,39H,10-13,17H2,1-3H3. The van der Waals surface area contributed by atoms with Crippen LogP contribution in [0.2, 0.25) is 10.0 Å². The molecule has 2 aromatic carbocycles. The number of carbonyl (C=O) groups excluding carboxylic acids is 2. The predicted octanol–water partition coefficient (Wildman–Crippen LogP) is 5.50. The van der Waals surface area contributed by atoms with Crippen LogP contribution in [0.5, 0.6) is 0 Å². The number of methoxy groups -OCH3 is 1. The minimum Gasteiger partial charge on any atom is -0.385 e. The van der Waals surface area contributed by atoms with Gasteiger partial charge in [-0.05, 0) is 67.6 Å². The van der Waals surface area contributed by atoms with Gasteiger partial charge in [0.2, 0.25) is 5.91 Å². The molecule has 1 fully saturated rings. The fraction of sp³-hybridized carbons (Fsp3) is 0.367. The number of pyridine rings is 1. The van der Waals surface area contributed by atoms with Crippen LogP contribution in [0.3, 0.4) is 0 Å². The van der Waals surface area contributed by atoms with Crippen LogP contribution in [0.25, 0.3) is 0 Å². The van der Waals surface area contributed by atoms with Crippen molar-refractivity contribution < 1.29 is 23.8 Å². The van der Waals surface area contributed by atoms with Crippen LogP contribution < -0.4 is 0 Å². The molecular formula is C30H30Cl2FN3O4. The number of fused-ring (bicyclic) bond motifs is 1. The lowest BCUT2D eigenvalue weighted by atomic mass is 9.76. The SMILES string of the molecule is COC1(c2ccc(Cl)cc2)c2c(F)cc(C(C)(O)C3CCN(C(C)=O)CC3)cc2C(=O)N1Cc1ccc(Cl)cn1. The first-order valence-electron chi connectivity index (χ1n) is 13.0. The molecule has 5 rings (SSSR count). The largest absolute Gasteiger partial charge is 0.385 e. The number of aliphatic hydroxyl groups is 1. The van der Waals surface area contributed by atoms with E-state index in [0.717, 1.165) is 0 Å². The molecule has 210 valence electrons. The summed E-state index contributed by atoms with van der Waals surface area (Å²) in [6.07, 6.45) is 2.59. The van der Waals surface area contributed by atoms with Crippen molar-refractivity contribution in [3.63, 3.8) is 0 Å². The van der Waals surface area contributed by atoms with Gasteiger partial charge in [-0.3, -0.25) is 19.5 Å². The van der Waals surface area contributed by atoms with Crippen molar-refractivity contribution in [2.45, 2.75) is 44.6 Å². The van der Waals surface area contributed by atoms with Crippen LogP contribution in [-0.2, 0) is 27.4 Å². The van der Waals surface area contributed by atoms with E-state index in [2.05, 4.69) is 4.98 Å². The van der Waals surface area contributed by atoms with E-state index in [0.29, 0.717) is 52.8 Å². The third-order valence-electron chi connectivity index (χ3n) is 8.24. The lowest BCUT2D eigenvalue weighted by molar-refractivity contribution is -0.132. The summed E-state index contributed by atoms with van der Waals surface area (Å²) in [5.41, 5.74) is -1.54. The topological polar surface area (TPSA) is 83.0 Å². The van der Waals surface area contributed by atoms with Crippen LogP contribution >= 0.6 is 23.2 Å². The monoisotopic (exact) mass is 585 g/mol. The van der Waals surface area contributed by atoms with E-state index in [4.69, 9.17) is 27.9 Å². The maximum Gasteiger partial charge on any atom is 0.257 e. The number of hydrogen-bond donors (Lipinski definition) is 1. The summed E-state index contributed by atoms with van der Waals surface area (Å²) in [5, 5.41) is 12.6. The highest BCUT2D eigenvalue weighted by Crippen LogP contribution is 2.49. The predicted molar refractivity (Wildman–Crippen MR) is 149 cm³/mol. The molecule has 0 radical (unpaired) electrons. The summed E-state index contributed by atoms with van der Waals surface area (Å²) in [6.45, 7) is 4.19. The summed E-state index contributed by atoms with van der Waals surface area (Å²) in [7, 11) is 1.42. The first-order chi connectivity index (χ1) is 19.0. The number of rotatable bonds is 6. The first-order valence-corrected chi connectivity index (χ1v) is 13.8. The lowest BCUT2D eigenvalue weighted by Crippen LogP contribution is -2.46. The number of piperidine rings is 1. The Hall–Kier alpha value is -3.04. The van der Waals surface area contributed by atoms with Gasteiger partial charge >= 0.3 is 0 Å². The molecule has 3 heterocycles. The Bertz CT molecular complexity index is 1440. The zero-order chi connectivity index (χ0) is 28.8. The molecule has 3 aromatic rings. The van der Waals surface area contributed by atoms with Crippen molar-refractivity contribution in [3.8, 4) is 0 Å². The molecule has 0 aliphatic carbocycles. The lowest BCUT2D eigenvalue weighted by Gasteiger charge is -2.40. The molecule has 7 nitrogen and oxygen atoms in total. The smallest absolute Gasteiger partial charge is 0.257 e. The molecule has 2 atom stereocenters. The second-order valence-corrected chi connectivity index (χ2v) is 11.4. The molecular weight excluding hydrogens is 556 g/mol. The Morgan fingerprint density at radius 2 is 1.80 bits per heavy atom. The average molecular weight is 586 g/mol. The second-order valence-electron chi connectivity index (χ2n) is 10.5. The summed E-state index contributed by atoms with van der Waals surface area (Å²) in [4.78, 5) is 33.4. The molecule has 0 saturated carbocycles. The molecule has 2 aliphatic rings. The number of benzene rings is 2. The van der Waals surface area contributed by atoms with Gasteiger partial charge in [-0.25, -0.2) is 4.39 Å². The van der Waals surface area contributed by atoms with Crippen LogP contribution in [0.15, 0.2) is 54.7 Å². The number of ether oxygens (including phenoxy) is 1. The number of hydrogen-bond acceptors (Lipinski definition) is 5. The molecule has 10 heteroatoms. The van der Waals surface area contributed by atoms with Crippen LogP contribution in [-0.4, -0.2) is 51.9 Å². The summed E-state index contributed by atoms with van der Waals surface area (Å²) < 4.78 is 22.4. The maximum atomic E-state index is 16.3. The summed E-state index contributed by atoms with van der Waals surface area (Å²) in [5.74, 6) is -1.38. The zero-order valence-electron chi connectivity index (χ0n) is 22.5. The maximum absolute atomic E-state index is 16.3. The van der Waals surface area contributed by atoms with Gasteiger partial charge in [0.15, 0.2) is 5.72 Å². The number of aromatic nitrogens is 1. The Morgan fingerprint density at radius 1 is 1.15 bits per heavy atom. The minimum absolute atomic E-state index is 0.00974. The fourth-order valence-corrected chi connectivity index (χ4v) is 6.22. The average Bonchev–Trinajstić information content (AvgIpc) is 3.18. The van der Waals surface area contributed by atoms with E-state index in [1.807, 2.05) is 0 Å². The van der Waals surface area contributed by atoms with E-state index in [1.54, 1.807) is 54.3 Å². The molecule has 2 unspecified atom stereocenters. The Labute approximate surface area is 242 Å². The number of nitrogens with zero attached hydrogens (tertiary/aromatic N) is 3. The molecule has 2 amide bonds. The van der Waals surface area contributed by atoms with Gasteiger partial charge in [0.05, 0.1) is 34.0 Å². The first kappa shape index (κ1) is 28.5. The van der Waals surface area contributed by atoms with Crippen molar-refractivity contribution in [2.75, 3.05) is 20.2 Å². The van der Waals surface area contributed by atoms with Crippen molar-refractivity contribution in [3.05, 3.63) is 98.5 Å². The van der Waals surface area contributed by atoms with Gasteiger partial charge in [-0.2, -0.15) is 0 Å². The van der Waals surface area contributed by atoms with Crippen LogP contribution in [0.4, 0.5) is 4.39 Å². The van der Waals surface area contributed by atoms with Crippen molar-refractivity contribution in [1.29, 1.82) is 0 Å². The van der Waals surface area contributed by atoms with Gasteiger partial charge in [0, 0.05) is 43.9 Å². The highest BCUT2D eigenvalue weighted by atomic mass is 35.5. The molecule has 0 spiro atoms. The number of halogens is 3. The summed E-state index contributed by atoms with van der Waals surface area (Å²) >= 11 is 12.2. The number of carbonyl (C=O) groups is 2. The van der Waals surface area contributed by atoms with Crippen molar-refractivity contribution >= 4 is 35.0 Å².